The Kier molecular flexibility index (Phi) is 7.14. The van der Waals surface area contributed by atoms with Gasteiger partial charge in [0.25, 0.3) is 0 Å². The second-order valence-electron chi connectivity index (χ2n) is 6.37. The molecule has 0 saturated carbocycles. The minimum absolute atomic E-state index is 0.0165. The van der Waals surface area contributed by atoms with Gasteiger partial charge in [0, 0.05) is 36.6 Å². The topological polar surface area (TPSA) is 57.7 Å². The van der Waals surface area contributed by atoms with Crippen LogP contribution in [-0.2, 0) is 14.8 Å². The molecule has 1 heterocycles. The van der Waals surface area contributed by atoms with Gasteiger partial charge >= 0.3 is 0 Å². The molecule has 0 spiro atoms. The van der Waals surface area contributed by atoms with Crippen LogP contribution in [0.2, 0.25) is 10.0 Å². The van der Waals surface area contributed by atoms with Crippen LogP contribution >= 0.6 is 23.2 Å². The maximum absolute atomic E-state index is 12.4. The van der Waals surface area contributed by atoms with E-state index in [1.54, 1.807) is 30.1 Å². The molecule has 140 valence electrons. The van der Waals surface area contributed by atoms with E-state index < -0.39 is 10.0 Å². The zero-order chi connectivity index (χ0) is 18.6. The van der Waals surface area contributed by atoms with Gasteiger partial charge in [-0.05, 0) is 43.9 Å². The summed E-state index contributed by atoms with van der Waals surface area (Å²) in [5.74, 6) is -0.0852. The molecule has 25 heavy (non-hydrogen) atoms. The van der Waals surface area contributed by atoms with Gasteiger partial charge < -0.3 is 4.90 Å². The van der Waals surface area contributed by atoms with Crippen molar-refractivity contribution in [2.75, 3.05) is 25.9 Å². The maximum Gasteiger partial charge on any atom is 0.222 e. The lowest BCUT2D eigenvalue weighted by Crippen LogP contribution is -2.32. The van der Waals surface area contributed by atoms with Gasteiger partial charge in [0.2, 0.25) is 15.9 Å². The van der Waals surface area contributed by atoms with E-state index in [-0.39, 0.29) is 24.1 Å². The molecule has 1 aromatic rings. The lowest BCUT2D eigenvalue weighted by molar-refractivity contribution is -0.131. The first-order valence-electron chi connectivity index (χ1n) is 8.41. The van der Waals surface area contributed by atoms with Crippen molar-refractivity contribution >= 4 is 39.1 Å². The average molecular weight is 407 g/mol. The number of hydrogen-bond donors (Lipinski definition) is 0. The van der Waals surface area contributed by atoms with Crippen molar-refractivity contribution in [1.82, 2.24) is 9.21 Å². The summed E-state index contributed by atoms with van der Waals surface area (Å²) in [4.78, 5) is 14.0. The van der Waals surface area contributed by atoms with E-state index in [9.17, 15) is 13.2 Å². The van der Waals surface area contributed by atoms with Crippen molar-refractivity contribution in [3.63, 3.8) is 0 Å². The van der Waals surface area contributed by atoms with Crippen LogP contribution in [0.1, 0.15) is 44.2 Å². The molecule has 1 aliphatic rings. The highest BCUT2D eigenvalue weighted by molar-refractivity contribution is 7.89. The van der Waals surface area contributed by atoms with Crippen LogP contribution in [-0.4, -0.2) is 49.4 Å². The van der Waals surface area contributed by atoms with Gasteiger partial charge in [0.1, 0.15) is 0 Å². The third kappa shape index (κ3) is 5.33. The second-order valence-corrected chi connectivity index (χ2v) is 9.30. The Labute approximate surface area is 159 Å². The van der Waals surface area contributed by atoms with E-state index >= 15 is 0 Å². The Morgan fingerprint density at radius 3 is 2.52 bits per heavy atom. The van der Waals surface area contributed by atoms with E-state index in [2.05, 4.69) is 0 Å². The maximum atomic E-state index is 12.4. The van der Waals surface area contributed by atoms with Crippen LogP contribution in [0.3, 0.4) is 0 Å². The Hall–Kier alpha value is -0.820. The van der Waals surface area contributed by atoms with Crippen molar-refractivity contribution in [2.45, 2.75) is 38.6 Å². The van der Waals surface area contributed by atoms with Gasteiger partial charge in [0.05, 0.1) is 11.8 Å². The summed E-state index contributed by atoms with van der Waals surface area (Å²) in [7, 11) is -1.54. The molecule has 1 aromatic carbocycles. The number of carbonyl (C=O) groups excluding carboxylic acids is 1. The molecular weight excluding hydrogens is 383 g/mol. The molecule has 0 N–H and O–H groups in total. The van der Waals surface area contributed by atoms with Gasteiger partial charge in [-0.25, -0.2) is 12.7 Å². The second kappa shape index (κ2) is 8.71. The minimum Gasteiger partial charge on any atom is -0.339 e. The molecule has 1 amide bonds. The first-order chi connectivity index (χ1) is 11.7. The molecular formula is C17H24Cl2N2O3S. The highest BCUT2D eigenvalue weighted by atomic mass is 35.5. The van der Waals surface area contributed by atoms with E-state index in [1.165, 1.54) is 4.31 Å². The first-order valence-corrected chi connectivity index (χ1v) is 10.8. The highest BCUT2D eigenvalue weighted by Gasteiger charge is 2.26. The Bertz CT molecular complexity index is 719. The molecule has 0 radical (unpaired) electrons. The van der Waals surface area contributed by atoms with Gasteiger partial charge in [0.15, 0.2) is 0 Å². The summed E-state index contributed by atoms with van der Waals surface area (Å²) in [5.41, 5.74) is 0.812. The molecule has 0 bridgehead atoms. The molecule has 1 unspecified atom stereocenters. The normalized spacial score (nSPS) is 16.8. The summed E-state index contributed by atoms with van der Waals surface area (Å²) in [6.07, 6.45) is 2.35. The van der Waals surface area contributed by atoms with Crippen LogP contribution in [0.5, 0.6) is 0 Å². The van der Waals surface area contributed by atoms with Crippen LogP contribution < -0.4 is 0 Å². The molecule has 1 aliphatic heterocycles. The van der Waals surface area contributed by atoms with Crippen molar-refractivity contribution in [3.05, 3.63) is 33.8 Å². The Morgan fingerprint density at radius 1 is 1.28 bits per heavy atom. The number of sulfonamides is 1. The Morgan fingerprint density at radius 2 is 1.92 bits per heavy atom. The molecule has 1 fully saturated rings. The average Bonchev–Trinajstić information content (AvgIpc) is 3.08. The Balaban J connectivity index is 1.89. The lowest BCUT2D eigenvalue weighted by atomic mass is 10.1. The predicted octanol–water partition coefficient (Wildman–Crippen LogP) is 3.72. The number of amides is 1. The summed E-state index contributed by atoms with van der Waals surface area (Å²) in [5, 5.41) is 1.05. The monoisotopic (exact) mass is 406 g/mol. The van der Waals surface area contributed by atoms with Gasteiger partial charge in [-0.15, -0.1) is 0 Å². The number of rotatable bonds is 7. The summed E-state index contributed by atoms with van der Waals surface area (Å²) in [6, 6.07) is 4.97. The fourth-order valence-corrected chi connectivity index (χ4v) is 5.09. The van der Waals surface area contributed by atoms with Crippen LogP contribution in [0.15, 0.2) is 18.2 Å². The van der Waals surface area contributed by atoms with Crippen LogP contribution in [0, 0.1) is 0 Å². The smallest absolute Gasteiger partial charge is 0.222 e. The standard InChI is InChI=1S/C17H24Cl2N2O3S/c1-13(15-8-7-14(18)12-16(15)19)20(2)17(22)6-5-11-25(23,24)21-9-3-4-10-21/h7-8,12-13H,3-6,9-11H2,1-2H3. The summed E-state index contributed by atoms with van der Waals surface area (Å²) in [6.45, 7) is 3.08. The number of hydrogen-bond acceptors (Lipinski definition) is 3. The summed E-state index contributed by atoms with van der Waals surface area (Å²) < 4.78 is 25.9. The number of nitrogens with zero attached hydrogens (tertiary/aromatic N) is 2. The van der Waals surface area contributed by atoms with Crippen molar-refractivity contribution in [1.29, 1.82) is 0 Å². The van der Waals surface area contributed by atoms with Crippen LogP contribution in [0.25, 0.3) is 0 Å². The zero-order valence-corrected chi connectivity index (χ0v) is 16.9. The lowest BCUT2D eigenvalue weighted by Gasteiger charge is -2.26. The predicted molar refractivity (Wildman–Crippen MR) is 101 cm³/mol. The van der Waals surface area contributed by atoms with Crippen molar-refractivity contribution in [3.8, 4) is 0 Å². The fraction of sp³-hybridized carbons (Fsp3) is 0.588. The van der Waals surface area contributed by atoms with Crippen molar-refractivity contribution in [2.24, 2.45) is 0 Å². The van der Waals surface area contributed by atoms with Gasteiger partial charge in [-0.2, -0.15) is 0 Å². The zero-order valence-electron chi connectivity index (χ0n) is 14.5. The minimum atomic E-state index is -3.24. The van der Waals surface area contributed by atoms with Gasteiger partial charge in [-0.3, -0.25) is 4.79 Å². The molecule has 0 aliphatic carbocycles. The number of halogens is 2. The summed E-state index contributed by atoms with van der Waals surface area (Å²) >= 11 is 12.1. The number of benzene rings is 1. The van der Waals surface area contributed by atoms with E-state index in [0.717, 1.165) is 18.4 Å². The third-order valence-electron chi connectivity index (χ3n) is 4.64. The fourth-order valence-electron chi connectivity index (χ4n) is 2.94. The van der Waals surface area contributed by atoms with Gasteiger partial charge in [-0.1, -0.05) is 29.3 Å². The molecule has 1 atom stereocenters. The quantitative estimate of drug-likeness (QED) is 0.692. The molecule has 2 rings (SSSR count). The van der Waals surface area contributed by atoms with E-state index in [0.29, 0.717) is 29.6 Å². The van der Waals surface area contributed by atoms with Crippen molar-refractivity contribution < 1.29 is 13.2 Å². The molecule has 8 heteroatoms. The third-order valence-corrected chi connectivity index (χ3v) is 7.16. The molecule has 5 nitrogen and oxygen atoms in total. The van der Waals surface area contributed by atoms with Crippen LogP contribution in [0.4, 0.5) is 0 Å². The first kappa shape index (κ1) is 20.5. The van der Waals surface area contributed by atoms with E-state index in [1.807, 2.05) is 6.92 Å². The largest absolute Gasteiger partial charge is 0.339 e. The highest BCUT2D eigenvalue weighted by Crippen LogP contribution is 2.29. The molecule has 1 saturated heterocycles. The van der Waals surface area contributed by atoms with E-state index in [4.69, 9.17) is 23.2 Å². The SMILES string of the molecule is CC(c1ccc(Cl)cc1Cl)N(C)C(=O)CCCS(=O)(=O)N1CCCC1. The molecule has 0 aromatic heterocycles. The number of carbonyl (C=O) groups is 1.